The predicted octanol–water partition coefficient (Wildman–Crippen LogP) is 2.35. The van der Waals surface area contributed by atoms with Gasteiger partial charge in [-0.05, 0) is 6.42 Å². The molecule has 0 spiro atoms. The molecule has 0 atom stereocenters. The summed E-state index contributed by atoms with van der Waals surface area (Å²) in [5, 5.41) is 20.9. The fourth-order valence-electron chi connectivity index (χ4n) is 1.15. The highest BCUT2D eigenvalue weighted by atomic mass is 32.2. The van der Waals surface area contributed by atoms with E-state index in [4.69, 9.17) is 5.21 Å². The first-order valence-corrected chi connectivity index (χ1v) is 6.13. The van der Waals surface area contributed by atoms with Crippen LogP contribution in [0.5, 0.6) is 0 Å². The second-order valence-corrected chi connectivity index (χ2v) is 5.13. The van der Waals surface area contributed by atoms with Gasteiger partial charge in [0.2, 0.25) is 5.16 Å². The summed E-state index contributed by atoms with van der Waals surface area (Å²) in [6.07, 6.45) is 3.10. The van der Waals surface area contributed by atoms with Crippen LogP contribution in [0.15, 0.2) is 16.5 Å². The van der Waals surface area contributed by atoms with Gasteiger partial charge in [0, 0.05) is 5.25 Å². The van der Waals surface area contributed by atoms with Crippen molar-refractivity contribution < 1.29 is 5.21 Å². The maximum Gasteiger partial charge on any atom is 0.209 e. The Labute approximate surface area is 99.4 Å². The first-order valence-electron chi connectivity index (χ1n) is 5.25. The molecular formula is C10H16N4OS. The van der Waals surface area contributed by atoms with Gasteiger partial charge in [-0.15, -0.1) is 5.10 Å². The molecule has 0 saturated heterocycles. The molecule has 6 heteroatoms. The summed E-state index contributed by atoms with van der Waals surface area (Å²) in [4.78, 5) is 4.30. The summed E-state index contributed by atoms with van der Waals surface area (Å²) >= 11 is 1.54. The Balaban J connectivity index is 2.88. The molecule has 0 amide bonds. The van der Waals surface area contributed by atoms with E-state index in [1.165, 1.54) is 18.0 Å². The van der Waals surface area contributed by atoms with E-state index in [9.17, 15) is 0 Å². The van der Waals surface area contributed by atoms with Crippen molar-refractivity contribution in [3.8, 4) is 0 Å². The van der Waals surface area contributed by atoms with Gasteiger partial charge in [0.25, 0.3) is 0 Å². The lowest BCUT2D eigenvalue weighted by Crippen LogP contribution is -2.07. The van der Waals surface area contributed by atoms with Crippen molar-refractivity contribution >= 4 is 17.5 Å². The summed E-state index contributed by atoms with van der Waals surface area (Å²) < 4.78 is 0. The average molecular weight is 240 g/mol. The van der Waals surface area contributed by atoms with Gasteiger partial charge in [0.15, 0.2) is 0 Å². The fourth-order valence-corrected chi connectivity index (χ4v) is 1.82. The van der Waals surface area contributed by atoms with Crippen LogP contribution < -0.4 is 0 Å². The topological polar surface area (TPSA) is 71.3 Å². The molecule has 1 rings (SSSR count). The van der Waals surface area contributed by atoms with E-state index in [2.05, 4.69) is 34.2 Å². The Morgan fingerprint density at radius 2 is 2.31 bits per heavy atom. The number of nitrogens with zero attached hydrogens (tertiary/aromatic N) is 4. The van der Waals surface area contributed by atoms with Crippen LogP contribution in [0.1, 0.15) is 39.3 Å². The first-order chi connectivity index (χ1) is 7.67. The molecule has 0 saturated carbocycles. The third-order valence-corrected chi connectivity index (χ3v) is 2.64. The summed E-state index contributed by atoms with van der Waals surface area (Å²) in [5.41, 5.74) is 1.16. The van der Waals surface area contributed by atoms with E-state index in [1.807, 2.05) is 6.92 Å². The fraction of sp³-hybridized carbons (Fsp3) is 0.600. The summed E-state index contributed by atoms with van der Waals surface area (Å²) in [5.74, 6) is 0. The smallest absolute Gasteiger partial charge is 0.209 e. The van der Waals surface area contributed by atoms with Crippen molar-refractivity contribution in [1.82, 2.24) is 15.2 Å². The Hall–Kier alpha value is -1.17. The summed E-state index contributed by atoms with van der Waals surface area (Å²) in [7, 11) is 0. The minimum absolute atomic E-state index is 0.401. The number of thioether (sulfide) groups is 1. The molecule has 0 aromatic carbocycles. The van der Waals surface area contributed by atoms with Crippen LogP contribution in [0.25, 0.3) is 0 Å². The van der Waals surface area contributed by atoms with Crippen molar-refractivity contribution in [2.75, 3.05) is 0 Å². The molecule has 1 aromatic rings. The standard InChI is InChI=1S/C10H16N4OS/c1-4-5-8(14-15)9-6-11-13-10(12-9)16-7(2)3/h6-7,15H,4-5H2,1-3H3/b14-8+. The molecule has 0 aliphatic rings. The van der Waals surface area contributed by atoms with Gasteiger partial charge >= 0.3 is 0 Å². The van der Waals surface area contributed by atoms with Gasteiger partial charge in [-0.3, -0.25) is 0 Å². The van der Waals surface area contributed by atoms with Gasteiger partial charge in [-0.1, -0.05) is 44.1 Å². The lowest BCUT2D eigenvalue weighted by Gasteiger charge is -2.04. The molecule has 5 nitrogen and oxygen atoms in total. The molecule has 0 radical (unpaired) electrons. The van der Waals surface area contributed by atoms with Crippen LogP contribution in [0.4, 0.5) is 0 Å². The molecule has 0 aliphatic heterocycles. The molecule has 0 fully saturated rings. The Morgan fingerprint density at radius 1 is 1.56 bits per heavy atom. The molecule has 0 bridgehead atoms. The maximum atomic E-state index is 8.88. The monoisotopic (exact) mass is 240 g/mol. The number of rotatable bonds is 5. The van der Waals surface area contributed by atoms with E-state index in [-0.39, 0.29) is 0 Å². The largest absolute Gasteiger partial charge is 0.411 e. The van der Waals surface area contributed by atoms with E-state index in [1.54, 1.807) is 0 Å². The zero-order valence-electron chi connectivity index (χ0n) is 9.71. The van der Waals surface area contributed by atoms with E-state index >= 15 is 0 Å². The van der Waals surface area contributed by atoms with Gasteiger partial charge < -0.3 is 5.21 Å². The SMILES string of the molecule is CCC/C(=N\O)c1cnnc(SC(C)C)n1. The maximum absolute atomic E-state index is 8.88. The molecule has 1 N–H and O–H groups in total. The van der Waals surface area contributed by atoms with Crippen molar-refractivity contribution in [3.63, 3.8) is 0 Å². The highest BCUT2D eigenvalue weighted by molar-refractivity contribution is 7.99. The lowest BCUT2D eigenvalue weighted by molar-refractivity contribution is 0.317. The summed E-state index contributed by atoms with van der Waals surface area (Å²) in [6, 6.07) is 0. The van der Waals surface area contributed by atoms with Crippen molar-refractivity contribution in [2.24, 2.45) is 5.16 Å². The van der Waals surface area contributed by atoms with E-state index < -0.39 is 0 Å². The highest BCUT2D eigenvalue weighted by Gasteiger charge is 2.09. The molecule has 0 unspecified atom stereocenters. The number of hydrogen-bond acceptors (Lipinski definition) is 6. The Kier molecular flexibility index (Phi) is 5.18. The highest BCUT2D eigenvalue weighted by Crippen LogP contribution is 2.17. The van der Waals surface area contributed by atoms with Gasteiger partial charge in [0.1, 0.15) is 11.4 Å². The molecule has 88 valence electrons. The van der Waals surface area contributed by atoms with Crippen LogP contribution in [-0.4, -0.2) is 31.4 Å². The normalized spacial score (nSPS) is 12.1. The molecule has 16 heavy (non-hydrogen) atoms. The van der Waals surface area contributed by atoms with E-state index in [0.717, 1.165) is 6.42 Å². The minimum Gasteiger partial charge on any atom is -0.411 e. The molecule has 0 aliphatic carbocycles. The molecular weight excluding hydrogens is 224 g/mol. The van der Waals surface area contributed by atoms with Crippen molar-refractivity contribution in [2.45, 2.75) is 44.0 Å². The molecule has 1 heterocycles. The third-order valence-electron chi connectivity index (χ3n) is 1.78. The van der Waals surface area contributed by atoms with Gasteiger partial charge in [-0.25, -0.2) is 4.98 Å². The van der Waals surface area contributed by atoms with Crippen LogP contribution >= 0.6 is 11.8 Å². The predicted molar refractivity (Wildman–Crippen MR) is 64.1 cm³/mol. The Bertz CT molecular complexity index is 368. The third kappa shape index (κ3) is 3.77. The zero-order chi connectivity index (χ0) is 12.0. The van der Waals surface area contributed by atoms with Crippen LogP contribution in [0.3, 0.4) is 0 Å². The number of hydrogen-bond donors (Lipinski definition) is 1. The molecule has 1 aromatic heterocycles. The lowest BCUT2D eigenvalue weighted by atomic mass is 10.2. The van der Waals surface area contributed by atoms with E-state index in [0.29, 0.717) is 28.2 Å². The van der Waals surface area contributed by atoms with Gasteiger partial charge in [-0.2, -0.15) is 5.10 Å². The minimum atomic E-state index is 0.401. The second kappa shape index (κ2) is 6.42. The van der Waals surface area contributed by atoms with Crippen LogP contribution in [0.2, 0.25) is 0 Å². The number of aromatic nitrogens is 3. The number of oxime groups is 1. The van der Waals surface area contributed by atoms with Crippen molar-refractivity contribution in [1.29, 1.82) is 0 Å². The first kappa shape index (κ1) is 12.9. The van der Waals surface area contributed by atoms with Gasteiger partial charge in [0.05, 0.1) is 6.20 Å². The average Bonchev–Trinajstić information content (AvgIpc) is 2.25. The zero-order valence-corrected chi connectivity index (χ0v) is 10.5. The summed E-state index contributed by atoms with van der Waals surface area (Å²) in [6.45, 7) is 6.14. The van der Waals surface area contributed by atoms with Crippen LogP contribution in [0, 0.1) is 0 Å². The Morgan fingerprint density at radius 3 is 2.88 bits per heavy atom. The van der Waals surface area contributed by atoms with Crippen molar-refractivity contribution in [3.05, 3.63) is 11.9 Å². The quantitative estimate of drug-likeness (QED) is 0.370. The second-order valence-electron chi connectivity index (χ2n) is 3.59. The van der Waals surface area contributed by atoms with Crippen LogP contribution in [-0.2, 0) is 0 Å².